The number of ether oxygens (including phenoxy) is 2. The Labute approximate surface area is 145 Å². The average Bonchev–Trinajstić information content (AvgIpc) is 3.14. The summed E-state index contributed by atoms with van der Waals surface area (Å²) in [6.45, 7) is 3.98. The number of carbonyl (C=O) groups is 2. The second-order valence-electron chi connectivity index (χ2n) is 6.00. The molecule has 0 saturated carbocycles. The molecule has 2 aliphatic rings. The molecule has 130 valence electrons. The standard InChI is InChI=1S/C17H22N2O4S/c1-5-9(2)18-15(20)11-8-24-17-10-6-7-12(22-3)14(23-4)13(10)16(21)19(11)17/h6-7,9,11,17H,5,8H2,1-4H3,(H,18,20)/t9-,11+,17+/m0/s1. The molecule has 1 aromatic rings. The van der Waals surface area contributed by atoms with Gasteiger partial charge in [0.1, 0.15) is 11.4 Å². The Morgan fingerprint density at radius 1 is 1.42 bits per heavy atom. The summed E-state index contributed by atoms with van der Waals surface area (Å²) in [5.41, 5.74) is 1.40. The van der Waals surface area contributed by atoms with E-state index in [0.717, 1.165) is 12.0 Å². The van der Waals surface area contributed by atoms with Gasteiger partial charge in [0.15, 0.2) is 11.5 Å². The molecule has 6 nitrogen and oxygen atoms in total. The van der Waals surface area contributed by atoms with Gasteiger partial charge in [0.05, 0.1) is 19.8 Å². The van der Waals surface area contributed by atoms with E-state index >= 15 is 0 Å². The molecule has 0 aromatic heterocycles. The van der Waals surface area contributed by atoms with E-state index in [1.807, 2.05) is 26.0 Å². The summed E-state index contributed by atoms with van der Waals surface area (Å²) in [6, 6.07) is 3.34. The van der Waals surface area contributed by atoms with Crippen LogP contribution < -0.4 is 14.8 Å². The Bertz CT molecular complexity index is 679. The van der Waals surface area contributed by atoms with Crippen molar-refractivity contribution >= 4 is 23.6 Å². The molecule has 2 amide bonds. The van der Waals surface area contributed by atoms with Crippen molar-refractivity contribution < 1.29 is 19.1 Å². The van der Waals surface area contributed by atoms with E-state index in [1.165, 1.54) is 7.11 Å². The predicted molar refractivity (Wildman–Crippen MR) is 92.6 cm³/mol. The highest BCUT2D eigenvalue weighted by Gasteiger charge is 2.50. The SMILES string of the molecule is CC[C@H](C)NC(=O)[C@H]1CS[C@@H]2c3ccc(OC)c(OC)c3C(=O)N12. The number of benzene rings is 1. The van der Waals surface area contributed by atoms with E-state index in [2.05, 4.69) is 5.32 Å². The van der Waals surface area contributed by atoms with Crippen LogP contribution in [0.25, 0.3) is 0 Å². The average molecular weight is 350 g/mol. The Kier molecular flexibility index (Phi) is 4.62. The minimum Gasteiger partial charge on any atom is -0.493 e. The Balaban J connectivity index is 1.93. The molecule has 0 bridgehead atoms. The number of amides is 2. The highest BCUT2D eigenvalue weighted by Crippen LogP contribution is 2.52. The molecule has 1 N–H and O–H groups in total. The molecule has 0 spiro atoms. The number of methoxy groups -OCH3 is 2. The van der Waals surface area contributed by atoms with Crippen LogP contribution in [0, 0.1) is 0 Å². The van der Waals surface area contributed by atoms with E-state index in [0.29, 0.717) is 22.8 Å². The van der Waals surface area contributed by atoms with Gasteiger partial charge in [-0.15, -0.1) is 11.8 Å². The number of thioether (sulfide) groups is 1. The maximum atomic E-state index is 13.0. The third-order valence-corrected chi connectivity index (χ3v) is 5.90. The van der Waals surface area contributed by atoms with Crippen LogP contribution in [0.15, 0.2) is 12.1 Å². The van der Waals surface area contributed by atoms with Crippen LogP contribution in [0.5, 0.6) is 11.5 Å². The van der Waals surface area contributed by atoms with Crippen LogP contribution in [0.4, 0.5) is 0 Å². The summed E-state index contributed by atoms with van der Waals surface area (Å²) in [7, 11) is 3.07. The second-order valence-corrected chi connectivity index (χ2v) is 7.11. The van der Waals surface area contributed by atoms with Crippen LogP contribution in [-0.4, -0.2) is 48.8 Å². The van der Waals surface area contributed by atoms with Crippen molar-refractivity contribution in [2.24, 2.45) is 0 Å². The largest absolute Gasteiger partial charge is 0.493 e. The first-order chi connectivity index (χ1) is 11.5. The number of carbonyl (C=O) groups excluding carboxylic acids is 2. The lowest BCUT2D eigenvalue weighted by molar-refractivity contribution is -0.125. The smallest absolute Gasteiger partial charge is 0.260 e. The summed E-state index contributed by atoms with van der Waals surface area (Å²) < 4.78 is 10.7. The molecule has 2 heterocycles. The maximum Gasteiger partial charge on any atom is 0.260 e. The zero-order valence-electron chi connectivity index (χ0n) is 14.3. The molecule has 7 heteroatoms. The van der Waals surface area contributed by atoms with Crippen LogP contribution in [0.3, 0.4) is 0 Å². The molecular formula is C17H22N2O4S. The van der Waals surface area contributed by atoms with Gasteiger partial charge in [0, 0.05) is 17.4 Å². The topological polar surface area (TPSA) is 67.9 Å². The molecule has 1 saturated heterocycles. The van der Waals surface area contributed by atoms with Gasteiger partial charge in [-0.1, -0.05) is 13.0 Å². The highest BCUT2D eigenvalue weighted by molar-refractivity contribution is 7.99. The molecule has 24 heavy (non-hydrogen) atoms. The molecule has 1 fully saturated rings. The first kappa shape index (κ1) is 17.0. The molecule has 0 radical (unpaired) electrons. The Morgan fingerprint density at radius 2 is 2.17 bits per heavy atom. The van der Waals surface area contributed by atoms with Crippen molar-refractivity contribution in [3.8, 4) is 11.5 Å². The lowest BCUT2D eigenvalue weighted by Gasteiger charge is -2.24. The third kappa shape index (κ3) is 2.51. The van der Waals surface area contributed by atoms with Crippen molar-refractivity contribution in [1.29, 1.82) is 0 Å². The summed E-state index contributed by atoms with van der Waals surface area (Å²) in [6.07, 6.45) is 0.855. The number of hydrogen-bond acceptors (Lipinski definition) is 5. The quantitative estimate of drug-likeness (QED) is 0.882. The van der Waals surface area contributed by atoms with Crippen molar-refractivity contribution in [1.82, 2.24) is 10.2 Å². The predicted octanol–water partition coefficient (Wildman–Crippen LogP) is 2.19. The number of hydrogen-bond donors (Lipinski definition) is 1. The fourth-order valence-electron chi connectivity index (χ4n) is 3.13. The van der Waals surface area contributed by atoms with E-state index in [4.69, 9.17) is 9.47 Å². The third-order valence-electron chi connectivity index (χ3n) is 4.60. The van der Waals surface area contributed by atoms with Crippen LogP contribution in [0.1, 0.15) is 41.6 Å². The van der Waals surface area contributed by atoms with E-state index in [1.54, 1.807) is 23.8 Å². The van der Waals surface area contributed by atoms with Crippen molar-refractivity contribution in [3.63, 3.8) is 0 Å². The lowest BCUT2D eigenvalue weighted by Crippen LogP contribution is -2.48. The number of fused-ring (bicyclic) bond motifs is 3. The van der Waals surface area contributed by atoms with E-state index < -0.39 is 6.04 Å². The fourth-order valence-corrected chi connectivity index (χ4v) is 4.59. The van der Waals surface area contributed by atoms with Crippen LogP contribution in [0.2, 0.25) is 0 Å². The maximum absolute atomic E-state index is 13.0. The first-order valence-electron chi connectivity index (χ1n) is 8.03. The zero-order valence-corrected chi connectivity index (χ0v) is 15.1. The molecule has 3 atom stereocenters. The van der Waals surface area contributed by atoms with Crippen molar-refractivity contribution in [3.05, 3.63) is 23.3 Å². The van der Waals surface area contributed by atoms with E-state index in [-0.39, 0.29) is 23.2 Å². The molecular weight excluding hydrogens is 328 g/mol. The van der Waals surface area contributed by atoms with Gasteiger partial charge in [-0.05, 0) is 19.4 Å². The van der Waals surface area contributed by atoms with Gasteiger partial charge in [-0.3, -0.25) is 9.59 Å². The monoisotopic (exact) mass is 350 g/mol. The normalized spacial score (nSPS) is 22.8. The fraction of sp³-hybridized carbons (Fsp3) is 0.529. The van der Waals surface area contributed by atoms with Crippen molar-refractivity contribution in [2.75, 3.05) is 20.0 Å². The molecule has 3 rings (SSSR count). The zero-order chi connectivity index (χ0) is 17.4. The first-order valence-corrected chi connectivity index (χ1v) is 9.07. The summed E-state index contributed by atoms with van der Waals surface area (Å²) in [4.78, 5) is 27.2. The number of rotatable bonds is 5. The molecule has 1 aromatic carbocycles. The molecule has 0 unspecified atom stereocenters. The van der Waals surface area contributed by atoms with Gasteiger partial charge in [0.2, 0.25) is 5.91 Å². The minimum absolute atomic E-state index is 0.0913. The van der Waals surface area contributed by atoms with Crippen molar-refractivity contribution in [2.45, 2.75) is 37.7 Å². The van der Waals surface area contributed by atoms with Gasteiger partial charge in [-0.2, -0.15) is 0 Å². The lowest BCUT2D eigenvalue weighted by atomic mass is 10.1. The van der Waals surface area contributed by atoms with Gasteiger partial charge >= 0.3 is 0 Å². The summed E-state index contributed by atoms with van der Waals surface area (Å²) in [5, 5.41) is 2.84. The second kappa shape index (κ2) is 6.55. The highest BCUT2D eigenvalue weighted by atomic mass is 32.2. The van der Waals surface area contributed by atoms with Gasteiger partial charge in [0.25, 0.3) is 5.91 Å². The number of nitrogens with zero attached hydrogens (tertiary/aromatic N) is 1. The van der Waals surface area contributed by atoms with Crippen LogP contribution in [-0.2, 0) is 4.79 Å². The Hall–Kier alpha value is -1.89. The van der Waals surface area contributed by atoms with Gasteiger partial charge < -0.3 is 19.7 Å². The minimum atomic E-state index is -0.454. The van der Waals surface area contributed by atoms with E-state index in [9.17, 15) is 9.59 Å². The molecule has 2 aliphatic heterocycles. The molecule has 0 aliphatic carbocycles. The summed E-state index contributed by atoms with van der Waals surface area (Å²) in [5.74, 6) is 1.31. The van der Waals surface area contributed by atoms with Gasteiger partial charge in [-0.25, -0.2) is 0 Å². The van der Waals surface area contributed by atoms with Crippen LogP contribution >= 0.6 is 11.8 Å². The summed E-state index contributed by atoms with van der Waals surface area (Å²) >= 11 is 1.61. The number of nitrogens with one attached hydrogen (secondary N) is 1. The Morgan fingerprint density at radius 3 is 2.79 bits per heavy atom.